The molecule has 1 unspecified atom stereocenters. The van der Waals surface area contributed by atoms with E-state index in [1.54, 1.807) is 17.0 Å². The number of benzene rings is 3. The number of carbonyl (C=O) groups is 1. The molecular weight excluding hydrogens is 382 g/mol. The second-order valence-electron chi connectivity index (χ2n) is 7.16. The lowest BCUT2D eigenvalue weighted by molar-refractivity contribution is -0.384. The normalized spacial score (nSPS) is 20.6. The number of non-ortho nitro benzene ring substituents is 1. The van der Waals surface area contributed by atoms with E-state index in [0.717, 1.165) is 16.9 Å². The second kappa shape index (κ2) is 6.70. The first kappa shape index (κ1) is 17.9. The molecule has 8 nitrogen and oxygen atoms in total. The average Bonchev–Trinajstić information content (AvgIpc) is 3.25. The molecule has 1 atom stereocenters. The van der Waals surface area contributed by atoms with Gasteiger partial charge in [0.15, 0.2) is 0 Å². The van der Waals surface area contributed by atoms with Crippen LogP contribution in [0, 0.1) is 10.1 Å². The summed E-state index contributed by atoms with van der Waals surface area (Å²) in [5, 5.41) is 18.7. The minimum Gasteiger partial charge on any atom is -0.357 e. The summed E-state index contributed by atoms with van der Waals surface area (Å²) in [6.45, 7) is 0. The fraction of sp³-hybridized carbons (Fsp3) is 0.0909. The SMILES string of the molecule is O=C1C(=NNc2ccc([N+](=O)[O-])cc2)CC2(c3ccccc3)Nc3ccccc3N12. The number of carbonyl (C=O) groups excluding carboxylic acids is 1. The Morgan fingerprint density at radius 2 is 1.70 bits per heavy atom. The monoisotopic (exact) mass is 399 g/mol. The van der Waals surface area contributed by atoms with E-state index in [1.165, 1.54) is 12.1 Å². The van der Waals surface area contributed by atoms with Crippen LogP contribution in [0.1, 0.15) is 12.0 Å². The molecule has 3 aromatic carbocycles. The molecule has 8 heteroatoms. The Bertz CT molecular complexity index is 1180. The Morgan fingerprint density at radius 1 is 1.00 bits per heavy atom. The molecule has 2 N–H and O–H groups in total. The summed E-state index contributed by atoms with van der Waals surface area (Å²) in [6.07, 6.45) is 0.366. The van der Waals surface area contributed by atoms with Crippen LogP contribution in [-0.2, 0) is 10.5 Å². The van der Waals surface area contributed by atoms with E-state index in [4.69, 9.17) is 0 Å². The standard InChI is InChI=1S/C22H17N5O3/c28-21-19(25-24-16-10-12-17(13-11-16)27(29)30)14-22(15-6-2-1-3-7-15)23-18-8-4-5-9-20(18)26(21)22/h1-13,23-24H,14H2. The van der Waals surface area contributed by atoms with Crippen molar-refractivity contribution in [3.8, 4) is 0 Å². The summed E-state index contributed by atoms with van der Waals surface area (Å²) in [5.74, 6) is -0.189. The first-order chi connectivity index (χ1) is 14.6. The Hall–Kier alpha value is -4.20. The van der Waals surface area contributed by atoms with Crippen molar-refractivity contribution >= 4 is 34.4 Å². The van der Waals surface area contributed by atoms with Crippen LogP contribution in [-0.4, -0.2) is 16.5 Å². The van der Waals surface area contributed by atoms with Crippen LogP contribution in [0.5, 0.6) is 0 Å². The zero-order valence-electron chi connectivity index (χ0n) is 15.8. The summed E-state index contributed by atoms with van der Waals surface area (Å²) in [6, 6.07) is 23.4. The molecule has 0 radical (unpaired) electrons. The number of fused-ring (bicyclic) bond motifs is 3. The van der Waals surface area contributed by atoms with Crippen LogP contribution in [0.4, 0.5) is 22.7 Å². The molecule has 2 aliphatic rings. The van der Waals surface area contributed by atoms with E-state index in [2.05, 4.69) is 15.8 Å². The van der Waals surface area contributed by atoms with Gasteiger partial charge >= 0.3 is 0 Å². The highest BCUT2D eigenvalue weighted by Crippen LogP contribution is 2.50. The van der Waals surface area contributed by atoms with E-state index >= 15 is 0 Å². The number of hydrogen-bond donors (Lipinski definition) is 2. The highest BCUT2D eigenvalue weighted by atomic mass is 16.6. The predicted molar refractivity (Wildman–Crippen MR) is 114 cm³/mol. The lowest BCUT2D eigenvalue weighted by atomic mass is 9.97. The van der Waals surface area contributed by atoms with Gasteiger partial charge < -0.3 is 5.32 Å². The summed E-state index contributed by atoms with van der Waals surface area (Å²) in [4.78, 5) is 25.4. The molecule has 1 fully saturated rings. The lowest BCUT2D eigenvalue weighted by Crippen LogP contribution is -2.44. The van der Waals surface area contributed by atoms with Crippen LogP contribution < -0.4 is 15.6 Å². The van der Waals surface area contributed by atoms with Crippen molar-refractivity contribution in [2.24, 2.45) is 5.10 Å². The van der Waals surface area contributed by atoms with Crippen molar-refractivity contribution in [1.82, 2.24) is 0 Å². The van der Waals surface area contributed by atoms with Gasteiger partial charge in [0.2, 0.25) is 0 Å². The third kappa shape index (κ3) is 2.69. The molecule has 0 aliphatic carbocycles. The van der Waals surface area contributed by atoms with Gasteiger partial charge in [-0.1, -0.05) is 42.5 Å². The van der Waals surface area contributed by atoms with Gasteiger partial charge in [-0.05, 0) is 29.8 Å². The fourth-order valence-electron chi connectivity index (χ4n) is 4.01. The van der Waals surface area contributed by atoms with E-state index in [-0.39, 0.29) is 11.6 Å². The third-order valence-corrected chi connectivity index (χ3v) is 5.39. The van der Waals surface area contributed by atoms with Gasteiger partial charge in [0.1, 0.15) is 11.4 Å². The van der Waals surface area contributed by atoms with Crippen LogP contribution >= 0.6 is 0 Å². The van der Waals surface area contributed by atoms with Crippen LogP contribution in [0.25, 0.3) is 0 Å². The smallest absolute Gasteiger partial charge is 0.276 e. The largest absolute Gasteiger partial charge is 0.357 e. The Labute approximate surface area is 172 Å². The van der Waals surface area contributed by atoms with E-state index in [1.807, 2.05) is 54.6 Å². The van der Waals surface area contributed by atoms with Crippen molar-refractivity contribution in [2.75, 3.05) is 15.6 Å². The Morgan fingerprint density at radius 3 is 2.43 bits per heavy atom. The molecule has 2 heterocycles. The summed E-state index contributed by atoms with van der Waals surface area (Å²) >= 11 is 0. The number of amides is 1. The number of anilines is 3. The van der Waals surface area contributed by atoms with Crippen molar-refractivity contribution in [1.29, 1.82) is 0 Å². The number of nitro benzene ring substituents is 1. The number of nitrogens with one attached hydrogen (secondary N) is 2. The van der Waals surface area contributed by atoms with Crippen molar-refractivity contribution in [3.05, 3.63) is 94.5 Å². The number of nitrogens with zero attached hydrogens (tertiary/aromatic N) is 3. The highest BCUT2D eigenvalue weighted by molar-refractivity contribution is 6.48. The van der Waals surface area contributed by atoms with Crippen molar-refractivity contribution < 1.29 is 9.72 Å². The van der Waals surface area contributed by atoms with Crippen LogP contribution in [0.15, 0.2) is 84.0 Å². The molecule has 5 rings (SSSR count). The van der Waals surface area contributed by atoms with Gasteiger partial charge in [0.25, 0.3) is 11.6 Å². The minimum atomic E-state index is -0.738. The maximum atomic E-state index is 13.3. The van der Waals surface area contributed by atoms with Gasteiger partial charge in [-0.25, -0.2) is 0 Å². The molecule has 2 aliphatic heterocycles. The summed E-state index contributed by atoms with van der Waals surface area (Å²) < 4.78 is 0. The third-order valence-electron chi connectivity index (χ3n) is 5.39. The molecule has 3 aromatic rings. The zero-order chi connectivity index (χ0) is 20.7. The number of hydrazone groups is 1. The summed E-state index contributed by atoms with van der Waals surface area (Å²) in [5.41, 5.74) is 5.73. The molecule has 148 valence electrons. The zero-order valence-corrected chi connectivity index (χ0v) is 15.8. The number of hydrogen-bond acceptors (Lipinski definition) is 6. The van der Waals surface area contributed by atoms with Crippen molar-refractivity contribution in [2.45, 2.75) is 12.1 Å². The highest BCUT2D eigenvalue weighted by Gasteiger charge is 2.55. The van der Waals surface area contributed by atoms with E-state index in [0.29, 0.717) is 17.8 Å². The van der Waals surface area contributed by atoms with Gasteiger partial charge in [-0.2, -0.15) is 5.10 Å². The quantitative estimate of drug-likeness (QED) is 0.509. The maximum absolute atomic E-state index is 13.3. The van der Waals surface area contributed by atoms with Gasteiger partial charge in [-0.15, -0.1) is 0 Å². The molecule has 1 amide bonds. The van der Waals surface area contributed by atoms with Crippen LogP contribution in [0.2, 0.25) is 0 Å². The topological polar surface area (TPSA) is 99.9 Å². The van der Waals surface area contributed by atoms with Crippen molar-refractivity contribution in [3.63, 3.8) is 0 Å². The van der Waals surface area contributed by atoms with E-state index < -0.39 is 10.6 Å². The summed E-state index contributed by atoms with van der Waals surface area (Å²) in [7, 11) is 0. The number of rotatable bonds is 4. The minimum absolute atomic E-state index is 0.00498. The molecular formula is C22H17N5O3. The van der Waals surface area contributed by atoms with Gasteiger partial charge in [0, 0.05) is 18.6 Å². The predicted octanol–water partition coefficient (Wildman–Crippen LogP) is 4.08. The average molecular weight is 399 g/mol. The molecule has 0 spiro atoms. The van der Waals surface area contributed by atoms with Gasteiger partial charge in [-0.3, -0.25) is 25.2 Å². The molecule has 0 aromatic heterocycles. The Kier molecular flexibility index (Phi) is 3.99. The molecule has 0 saturated carbocycles. The second-order valence-corrected chi connectivity index (χ2v) is 7.16. The van der Waals surface area contributed by atoms with Gasteiger partial charge in [0.05, 0.1) is 22.0 Å². The first-order valence-corrected chi connectivity index (χ1v) is 9.43. The number of para-hydroxylation sites is 2. The molecule has 30 heavy (non-hydrogen) atoms. The van der Waals surface area contributed by atoms with E-state index in [9.17, 15) is 14.9 Å². The molecule has 0 bridgehead atoms. The molecule has 1 saturated heterocycles. The Balaban J connectivity index is 1.50. The van der Waals surface area contributed by atoms with Crippen LogP contribution in [0.3, 0.4) is 0 Å². The fourth-order valence-corrected chi connectivity index (χ4v) is 4.01. The first-order valence-electron chi connectivity index (χ1n) is 9.43. The maximum Gasteiger partial charge on any atom is 0.276 e. The lowest BCUT2D eigenvalue weighted by Gasteiger charge is -2.32. The number of nitro groups is 1.